The van der Waals surface area contributed by atoms with Crippen molar-refractivity contribution < 1.29 is 28.9 Å². The largest absolute Gasteiger partial charge is 0.507 e. The van der Waals surface area contributed by atoms with Crippen molar-refractivity contribution in [3.63, 3.8) is 0 Å². The molecule has 3 heterocycles. The third-order valence-electron chi connectivity index (χ3n) is 7.44. The summed E-state index contributed by atoms with van der Waals surface area (Å²) in [4.78, 5) is 33.5. The topological polar surface area (TPSA) is 98.2 Å². The summed E-state index contributed by atoms with van der Waals surface area (Å²) in [5, 5.41) is 12.0. The van der Waals surface area contributed by atoms with Gasteiger partial charge in [-0.25, -0.2) is 4.98 Å². The van der Waals surface area contributed by atoms with Gasteiger partial charge < -0.3 is 19.3 Å². The number of thiazole rings is 1. The van der Waals surface area contributed by atoms with Crippen molar-refractivity contribution in [1.82, 2.24) is 4.98 Å². The van der Waals surface area contributed by atoms with Crippen LogP contribution in [0, 0.1) is 0 Å². The first-order valence-corrected chi connectivity index (χ1v) is 15.1. The van der Waals surface area contributed by atoms with Crippen LogP contribution in [0.2, 0.25) is 0 Å². The highest BCUT2D eigenvalue weighted by molar-refractivity contribution is 7.22. The first-order valence-electron chi connectivity index (χ1n) is 14.2. The van der Waals surface area contributed by atoms with E-state index in [2.05, 4.69) is 6.92 Å². The van der Waals surface area contributed by atoms with Gasteiger partial charge in [0.05, 0.1) is 35.0 Å². The number of hydrogen-bond donors (Lipinski definition) is 1. The van der Waals surface area contributed by atoms with Gasteiger partial charge in [0, 0.05) is 12.0 Å². The summed E-state index contributed by atoms with van der Waals surface area (Å²) in [6, 6.07) is 17.3. The van der Waals surface area contributed by atoms with Crippen LogP contribution in [-0.2, 0) is 16.0 Å². The van der Waals surface area contributed by atoms with Crippen LogP contribution < -0.4 is 19.1 Å². The molecular formula is C33H32N2O6S. The molecule has 0 radical (unpaired) electrons. The van der Waals surface area contributed by atoms with Crippen LogP contribution in [0.15, 0.2) is 66.2 Å². The molecule has 1 saturated heterocycles. The van der Waals surface area contributed by atoms with Crippen molar-refractivity contribution in [3.8, 4) is 17.2 Å². The van der Waals surface area contributed by atoms with E-state index in [9.17, 15) is 14.7 Å². The number of aliphatic hydroxyl groups excluding tert-OH is 1. The van der Waals surface area contributed by atoms with E-state index in [4.69, 9.17) is 19.2 Å². The summed E-state index contributed by atoms with van der Waals surface area (Å²) in [5.74, 6) is 0.418. The Bertz CT molecular complexity index is 1690. The number of carbonyl (C=O) groups excluding carboxylic acids is 2. The predicted molar refractivity (Wildman–Crippen MR) is 163 cm³/mol. The molecule has 2 atom stereocenters. The number of rotatable bonds is 9. The van der Waals surface area contributed by atoms with Gasteiger partial charge in [-0.05, 0) is 79.9 Å². The molecule has 0 aliphatic carbocycles. The number of anilines is 1. The van der Waals surface area contributed by atoms with Crippen molar-refractivity contribution in [2.24, 2.45) is 0 Å². The van der Waals surface area contributed by atoms with Gasteiger partial charge in [-0.2, -0.15) is 0 Å². The van der Waals surface area contributed by atoms with Crippen molar-refractivity contribution in [2.75, 3.05) is 18.1 Å². The van der Waals surface area contributed by atoms with Crippen LogP contribution in [-0.4, -0.2) is 41.1 Å². The first kappa shape index (κ1) is 27.8. The average molecular weight is 585 g/mol. The van der Waals surface area contributed by atoms with E-state index >= 15 is 0 Å². The molecule has 3 aromatic carbocycles. The van der Waals surface area contributed by atoms with Gasteiger partial charge in [-0.3, -0.25) is 14.5 Å². The second-order valence-corrected chi connectivity index (χ2v) is 11.5. The molecule has 2 aliphatic heterocycles. The molecule has 1 amide bonds. The van der Waals surface area contributed by atoms with Gasteiger partial charge in [0.2, 0.25) is 0 Å². The molecule has 1 N–H and O–H groups in total. The zero-order valence-corrected chi connectivity index (χ0v) is 24.6. The lowest BCUT2D eigenvalue weighted by atomic mass is 9.94. The fourth-order valence-electron chi connectivity index (χ4n) is 5.40. The zero-order chi connectivity index (χ0) is 29.4. The number of fused-ring (bicyclic) bond motifs is 2. The summed E-state index contributed by atoms with van der Waals surface area (Å²) >= 11 is 1.30. The molecule has 4 aromatic rings. The van der Waals surface area contributed by atoms with Crippen LogP contribution in [0.3, 0.4) is 0 Å². The van der Waals surface area contributed by atoms with Gasteiger partial charge in [0.25, 0.3) is 5.78 Å². The van der Waals surface area contributed by atoms with Gasteiger partial charge in [0.15, 0.2) is 5.13 Å². The standard InChI is InChI=1S/C33H32N2O6S/c1-4-6-15-40-23-10-7-20(8-11-23)29-28(30(36)21-9-14-26-22(17-21)16-19(3)41-26)31(37)32(38)35(29)33-34-25-13-12-24(39-5-2)18-27(25)42-33/h7-14,17-19,29,36H,4-6,15-16H2,1-3H3/t19-,29+/m0/s1. The quantitative estimate of drug-likeness (QED) is 0.0997. The highest BCUT2D eigenvalue weighted by atomic mass is 32.1. The molecule has 2 aliphatic rings. The molecule has 42 heavy (non-hydrogen) atoms. The number of ketones is 1. The Kier molecular flexibility index (Phi) is 7.60. The maximum absolute atomic E-state index is 13.7. The monoisotopic (exact) mass is 584 g/mol. The number of aliphatic hydroxyl groups is 1. The molecule has 8 nitrogen and oxygen atoms in total. The summed E-state index contributed by atoms with van der Waals surface area (Å²) in [6.07, 6.45) is 2.69. The molecule has 0 spiro atoms. The van der Waals surface area contributed by atoms with Crippen LogP contribution in [0.5, 0.6) is 17.2 Å². The second kappa shape index (κ2) is 11.5. The molecule has 9 heteroatoms. The maximum atomic E-state index is 13.7. The number of nitrogens with zero attached hydrogens (tertiary/aromatic N) is 2. The molecule has 1 aromatic heterocycles. The van der Waals surface area contributed by atoms with Gasteiger partial charge in [-0.15, -0.1) is 0 Å². The van der Waals surface area contributed by atoms with Crippen molar-refractivity contribution in [1.29, 1.82) is 0 Å². The van der Waals surface area contributed by atoms with Gasteiger partial charge in [0.1, 0.15) is 29.1 Å². The third kappa shape index (κ3) is 5.09. The first-order chi connectivity index (χ1) is 20.4. The minimum Gasteiger partial charge on any atom is -0.507 e. The number of aromatic nitrogens is 1. The minimum absolute atomic E-state index is 0.0147. The Morgan fingerprint density at radius 3 is 2.60 bits per heavy atom. The highest BCUT2D eigenvalue weighted by Gasteiger charge is 2.48. The minimum atomic E-state index is -0.884. The van der Waals surface area contributed by atoms with Crippen LogP contribution in [0.1, 0.15) is 56.3 Å². The molecule has 216 valence electrons. The lowest BCUT2D eigenvalue weighted by Crippen LogP contribution is -2.29. The van der Waals surface area contributed by atoms with E-state index < -0.39 is 17.7 Å². The second-order valence-electron chi connectivity index (χ2n) is 10.5. The normalized spacial score (nSPS) is 19.3. The Balaban J connectivity index is 1.46. The number of benzene rings is 3. The van der Waals surface area contributed by atoms with Crippen LogP contribution in [0.4, 0.5) is 5.13 Å². The Labute approximate surface area is 248 Å². The van der Waals surface area contributed by atoms with E-state index in [1.807, 2.05) is 62.4 Å². The van der Waals surface area contributed by atoms with Gasteiger partial charge in [-0.1, -0.05) is 36.8 Å². The zero-order valence-electron chi connectivity index (χ0n) is 23.8. The summed E-state index contributed by atoms with van der Waals surface area (Å²) < 4.78 is 18.1. The van der Waals surface area contributed by atoms with E-state index in [1.54, 1.807) is 12.1 Å². The Morgan fingerprint density at radius 1 is 1.05 bits per heavy atom. The molecular weight excluding hydrogens is 552 g/mol. The number of Topliss-reactive ketones (excluding diaryl/α,β-unsaturated/α-hetero) is 1. The smallest absolute Gasteiger partial charge is 0.301 e. The predicted octanol–water partition coefficient (Wildman–Crippen LogP) is 6.82. The number of hydrogen-bond acceptors (Lipinski definition) is 8. The Morgan fingerprint density at radius 2 is 1.83 bits per heavy atom. The van der Waals surface area contributed by atoms with Crippen molar-refractivity contribution in [3.05, 3.63) is 82.9 Å². The maximum Gasteiger partial charge on any atom is 0.301 e. The number of amides is 1. The number of unbranched alkanes of at least 4 members (excludes halogenated alkanes) is 1. The van der Waals surface area contributed by atoms with Gasteiger partial charge >= 0.3 is 5.91 Å². The number of carbonyl (C=O) groups is 2. The number of ether oxygens (including phenoxy) is 3. The fourth-order valence-corrected chi connectivity index (χ4v) is 6.42. The molecule has 0 saturated carbocycles. The summed E-state index contributed by atoms with van der Waals surface area (Å²) in [5.41, 5.74) is 2.76. The summed E-state index contributed by atoms with van der Waals surface area (Å²) in [6.45, 7) is 7.12. The van der Waals surface area contributed by atoms with E-state index in [1.165, 1.54) is 16.2 Å². The van der Waals surface area contributed by atoms with E-state index in [0.29, 0.717) is 52.9 Å². The lowest BCUT2D eigenvalue weighted by Gasteiger charge is -2.23. The fraction of sp³-hybridized carbons (Fsp3) is 0.303. The van der Waals surface area contributed by atoms with E-state index in [0.717, 1.165) is 28.9 Å². The lowest BCUT2D eigenvalue weighted by molar-refractivity contribution is -0.132. The molecule has 1 fully saturated rings. The Hall–Kier alpha value is -4.37. The summed E-state index contributed by atoms with van der Waals surface area (Å²) in [7, 11) is 0. The molecule has 0 bridgehead atoms. The highest BCUT2D eigenvalue weighted by Crippen LogP contribution is 2.45. The molecule has 0 unspecified atom stereocenters. The van der Waals surface area contributed by atoms with Crippen molar-refractivity contribution in [2.45, 2.75) is 52.2 Å². The molecule has 6 rings (SSSR count). The van der Waals surface area contributed by atoms with Crippen LogP contribution in [0.25, 0.3) is 16.0 Å². The van der Waals surface area contributed by atoms with Crippen molar-refractivity contribution >= 4 is 44.1 Å². The average Bonchev–Trinajstić information content (AvgIpc) is 3.65. The van der Waals surface area contributed by atoms with Crippen LogP contribution >= 0.6 is 11.3 Å². The third-order valence-corrected chi connectivity index (χ3v) is 8.46. The van der Waals surface area contributed by atoms with E-state index in [-0.39, 0.29) is 17.4 Å². The SMILES string of the molecule is CCCCOc1ccc([C@@H]2C(=C(O)c3ccc4c(c3)C[C@H](C)O4)C(=O)C(=O)N2c2nc3ccc(OCC)cc3s2)cc1.